The standard InChI is InChI=1S/C22H33NO5/c1-20(2,3)15-10-11-16(18(25)26-9)17(12-15)28-19(23-14-24)22(7,8)13-27-21(4,5)6/h10-12,19H,13H2,1-9H3. The van der Waals surface area contributed by atoms with E-state index in [1.165, 1.54) is 7.11 Å². The molecule has 1 rings (SSSR count). The van der Waals surface area contributed by atoms with E-state index < -0.39 is 17.6 Å². The Morgan fingerprint density at radius 3 is 2.18 bits per heavy atom. The maximum Gasteiger partial charge on any atom is 0.341 e. The molecule has 0 bridgehead atoms. The number of hydrogen-bond donors (Lipinski definition) is 0. The van der Waals surface area contributed by atoms with E-state index in [4.69, 9.17) is 14.2 Å². The molecule has 0 spiro atoms. The average Bonchev–Trinajstić information content (AvgIpc) is 2.57. The Labute approximate surface area is 168 Å². The molecule has 0 saturated carbocycles. The van der Waals surface area contributed by atoms with Crippen LogP contribution >= 0.6 is 0 Å². The number of methoxy groups -OCH3 is 1. The van der Waals surface area contributed by atoms with E-state index >= 15 is 0 Å². The lowest BCUT2D eigenvalue weighted by Gasteiger charge is -2.34. The van der Waals surface area contributed by atoms with Gasteiger partial charge in [-0.25, -0.2) is 9.59 Å². The van der Waals surface area contributed by atoms with Gasteiger partial charge in [-0.2, -0.15) is 4.99 Å². The van der Waals surface area contributed by atoms with E-state index in [0.717, 1.165) is 5.56 Å². The number of isocyanates is 1. The zero-order chi connectivity index (χ0) is 21.8. The van der Waals surface area contributed by atoms with Crippen LogP contribution in [0.4, 0.5) is 0 Å². The highest BCUT2D eigenvalue weighted by atomic mass is 16.5. The molecule has 0 aromatic heterocycles. The third-order valence-corrected chi connectivity index (χ3v) is 4.21. The molecule has 1 aromatic rings. The number of aliphatic imine (C=N–C) groups is 1. The zero-order valence-corrected chi connectivity index (χ0v) is 18.5. The van der Waals surface area contributed by atoms with Crippen LogP contribution in [0.25, 0.3) is 0 Å². The summed E-state index contributed by atoms with van der Waals surface area (Å²) >= 11 is 0. The molecule has 0 heterocycles. The van der Waals surface area contributed by atoms with Gasteiger partial charge >= 0.3 is 5.97 Å². The van der Waals surface area contributed by atoms with Crippen molar-refractivity contribution in [1.29, 1.82) is 0 Å². The number of carbonyl (C=O) groups excluding carboxylic acids is 2. The van der Waals surface area contributed by atoms with Crippen molar-refractivity contribution in [2.24, 2.45) is 10.4 Å². The van der Waals surface area contributed by atoms with Gasteiger partial charge in [0.05, 0.1) is 19.3 Å². The van der Waals surface area contributed by atoms with Crippen molar-refractivity contribution in [1.82, 2.24) is 0 Å². The molecule has 0 aliphatic heterocycles. The molecule has 1 atom stereocenters. The average molecular weight is 392 g/mol. The molecule has 0 saturated heterocycles. The van der Waals surface area contributed by atoms with Gasteiger partial charge in [0, 0.05) is 5.41 Å². The third-order valence-electron chi connectivity index (χ3n) is 4.21. The summed E-state index contributed by atoms with van der Waals surface area (Å²) in [5.74, 6) is -0.208. The van der Waals surface area contributed by atoms with E-state index in [1.807, 2.05) is 40.7 Å². The van der Waals surface area contributed by atoms with Gasteiger partial charge in [-0.05, 0) is 43.9 Å². The molecule has 1 unspecified atom stereocenters. The van der Waals surface area contributed by atoms with Crippen molar-refractivity contribution in [2.75, 3.05) is 13.7 Å². The van der Waals surface area contributed by atoms with Crippen LogP contribution < -0.4 is 4.74 Å². The third kappa shape index (κ3) is 6.77. The van der Waals surface area contributed by atoms with E-state index in [-0.39, 0.29) is 16.6 Å². The first kappa shape index (κ1) is 23.9. The van der Waals surface area contributed by atoms with Gasteiger partial charge in [-0.15, -0.1) is 0 Å². The molecule has 0 amide bonds. The molecule has 0 N–H and O–H groups in total. The van der Waals surface area contributed by atoms with Gasteiger partial charge < -0.3 is 14.2 Å². The fourth-order valence-electron chi connectivity index (χ4n) is 2.37. The number of hydrogen-bond acceptors (Lipinski definition) is 6. The molecule has 6 nitrogen and oxygen atoms in total. The Hall–Kier alpha value is -2.17. The molecule has 0 radical (unpaired) electrons. The molecule has 0 aliphatic carbocycles. The molecule has 0 fully saturated rings. The van der Waals surface area contributed by atoms with Gasteiger partial charge in [0.1, 0.15) is 11.3 Å². The number of rotatable bonds is 7. The monoisotopic (exact) mass is 391 g/mol. The lowest BCUT2D eigenvalue weighted by Crippen LogP contribution is -2.39. The fraction of sp³-hybridized carbons (Fsp3) is 0.636. The first-order chi connectivity index (χ1) is 12.7. The Morgan fingerprint density at radius 1 is 1.11 bits per heavy atom. The summed E-state index contributed by atoms with van der Waals surface area (Å²) in [4.78, 5) is 27.1. The minimum atomic E-state index is -0.883. The van der Waals surface area contributed by atoms with Crippen molar-refractivity contribution in [3.8, 4) is 5.75 Å². The summed E-state index contributed by atoms with van der Waals surface area (Å²) in [7, 11) is 1.31. The van der Waals surface area contributed by atoms with Crippen LogP contribution in [0.5, 0.6) is 5.75 Å². The summed E-state index contributed by atoms with van der Waals surface area (Å²) in [6, 6.07) is 5.33. The highest BCUT2D eigenvalue weighted by molar-refractivity contribution is 5.92. The SMILES string of the molecule is COC(=O)c1ccc(C(C)(C)C)cc1OC(N=C=O)C(C)(C)COC(C)(C)C. The molecular formula is C22H33NO5. The highest BCUT2D eigenvalue weighted by Crippen LogP contribution is 2.33. The number of esters is 1. The van der Waals surface area contributed by atoms with Crippen molar-refractivity contribution >= 4 is 12.0 Å². The fourth-order valence-corrected chi connectivity index (χ4v) is 2.37. The van der Waals surface area contributed by atoms with Crippen molar-refractivity contribution in [3.05, 3.63) is 29.3 Å². The van der Waals surface area contributed by atoms with Crippen LogP contribution in [-0.2, 0) is 19.7 Å². The van der Waals surface area contributed by atoms with Gasteiger partial charge in [-0.1, -0.05) is 40.7 Å². The highest BCUT2D eigenvalue weighted by Gasteiger charge is 2.35. The van der Waals surface area contributed by atoms with Crippen molar-refractivity contribution < 1.29 is 23.8 Å². The summed E-state index contributed by atoms with van der Waals surface area (Å²) in [5.41, 5.74) is 0.106. The lowest BCUT2D eigenvalue weighted by molar-refractivity contribution is -0.0727. The van der Waals surface area contributed by atoms with Crippen LogP contribution in [0.2, 0.25) is 0 Å². The van der Waals surface area contributed by atoms with Crippen LogP contribution in [-0.4, -0.2) is 37.6 Å². The first-order valence-electron chi connectivity index (χ1n) is 9.32. The van der Waals surface area contributed by atoms with Crippen LogP contribution in [0, 0.1) is 5.41 Å². The molecule has 1 aromatic carbocycles. The Balaban J connectivity index is 3.34. The number of nitrogens with zero attached hydrogens (tertiary/aromatic N) is 1. The minimum Gasteiger partial charge on any atom is -0.466 e. The Bertz CT molecular complexity index is 734. The number of carbonyl (C=O) groups is 1. The quantitative estimate of drug-likeness (QED) is 0.384. The summed E-state index contributed by atoms with van der Waals surface area (Å²) in [6.07, 6.45) is 0.694. The van der Waals surface area contributed by atoms with Crippen molar-refractivity contribution in [2.45, 2.75) is 72.6 Å². The molecule has 28 heavy (non-hydrogen) atoms. The summed E-state index contributed by atoms with van der Waals surface area (Å²) in [5, 5.41) is 0. The predicted octanol–water partition coefficient (Wildman–Crippen LogP) is 4.65. The molecule has 6 heteroatoms. The second kappa shape index (κ2) is 8.89. The van der Waals surface area contributed by atoms with Crippen LogP contribution in [0.1, 0.15) is 71.3 Å². The Morgan fingerprint density at radius 2 is 1.71 bits per heavy atom. The number of ether oxygens (including phenoxy) is 3. The minimum absolute atomic E-state index is 0.152. The van der Waals surface area contributed by atoms with Crippen LogP contribution in [0.15, 0.2) is 23.2 Å². The van der Waals surface area contributed by atoms with E-state index in [0.29, 0.717) is 12.4 Å². The van der Waals surface area contributed by atoms with Crippen molar-refractivity contribution in [3.63, 3.8) is 0 Å². The first-order valence-corrected chi connectivity index (χ1v) is 9.32. The molecule has 156 valence electrons. The smallest absolute Gasteiger partial charge is 0.341 e. The topological polar surface area (TPSA) is 74.2 Å². The molecule has 0 aliphatic rings. The van der Waals surface area contributed by atoms with Crippen LogP contribution in [0.3, 0.4) is 0 Å². The van der Waals surface area contributed by atoms with E-state index in [1.54, 1.807) is 18.2 Å². The van der Waals surface area contributed by atoms with E-state index in [2.05, 4.69) is 25.8 Å². The van der Waals surface area contributed by atoms with Gasteiger partial charge in [-0.3, -0.25) is 0 Å². The van der Waals surface area contributed by atoms with E-state index in [9.17, 15) is 9.59 Å². The maximum absolute atomic E-state index is 12.2. The lowest BCUT2D eigenvalue weighted by atomic mass is 9.86. The maximum atomic E-state index is 12.2. The second-order valence-electron chi connectivity index (χ2n) is 9.53. The second-order valence-corrected chi connectivity index (χ2v) is 9.53. The Kier molecular flexibility index (Phi) is 7.58. The van der Waals surface area contributed by atoms with Gasteiger partial charge in [0.25, 0.3) is 0 Å². The van der Waals surface area contributed by atoms with Gasteiger partial charge in [0.15, 0.2) is 0 Å². The largest absolute Gasteiger partial charge is 0.466 e. The predicted molar refractivity (Wildman–Crippen MR) is 109 cm³/mol. The normalized spacial score (nSPS) is 13.5. The summed E-state index contributed by atoms with van der Waals surface area (Å²) < 4.78 is 16.8. The zero-order valence-electron chi connectivity index (χ0n) is 18.5. The molecular weight excluding hydrogens is 358 g/mol. The van der Waals surface area contributed by atoms with Gasteiger partial charge in [0.2, 0.25) is 12.3 Å². The number of benzene rings is 1. The summed E-state index contributed by atoms with van der Waals surface area (Å²) in [6.45, 7) is 16.1.